The Hall–Kier alpha value is -2.09. The molecule has 17 heavy (non-hydrogen) atoms. The highest BCUT2D eigenvalue weighted by atomic mass is 15.1. The Bertz CT molecular complexity index is 680. The molecule has 0 atom stereocenters. The maximum absolute atomic E-state index is 3.48. The van der Waals surface area contributed by atoms with Gasteiger partial charge >= 0.3 is 0 Å². The minimum atomic E-state index is 1.16. The first kappa shape index (κ1) is 10.1. The molecule has 84 valence electrons. The molecule has 0 unspecified atom stereocenters. The summed E-state index contributed by atoms with van der Waals surface area (Å²) in [6, 6.07) is 16.8. The second-order valence-corrected chi connectivity index (χ2v) is 4.36. The van der Waals surface area contributed by atoms with Crippen LogP contribution >= 0.6 is 0 Å². The predicted octanol–water partition coefficient (Wildman–Crippen LogP) is 2.97. The molecule has 0 saturated heterocycles. The van der Waals surface area contributed by atoms with Gasteiger partial charge in [-0.2, -0.15) is 0 Å². The molecule has 1 aromatic heterocycles. The number of H-pyrrole nitrogens is 1. The van der Waals surface area contributed by atoms with Crippen molar-refractivity contribution in [3.8, 4) is 11.4 Å². The largest absolute Gasteiger partial charge is 0.287 e. The summed E-state index contributed by atoms with van der Waals surface area (Å²) in [5, 5.41) is 0. The molecule has 3 aromatic rings. The van der Waals surface area contributed by atoms with E-state index in [1.807, 2.05) is 0 Å². The van der Waals surface area contributed by atoms with Gasteiger partial charge < -0.3 is 0 Å². The van der Waals surface area contributed by atoms with E-state index < -0.39 is 0 Å². The topological polar surface area (TPSA) is 19.7 Å². The number of hydrogen-bond donors (Lipinski definition) is 1. The van der Waals surface area contributed by atoms with E-state index in [4.69, 9.17) is 0 Å². The lowest BCUT2D eigenvalue weighted by Crippen LogP contribution is -2.29. The summed E-state index contributed by atoms with van der Waals surface area (Å²) in [7, 11) is 2.10. The van der Waals surface area contributed by atoms with Crippen molar-refractivity contribution < 1.29 is 4.57 Å². The lowest BCUT2D eigenvalue weighted by Gasteiger charge is -1.99. The first-order valence-corrected chi connectivity index (χ1v) is 5.80. The van der Waals surface area contributed by atoms with E-state index in [0.717, 1.165) is 5.82 Å². The standard InChI is InChI=1S/C15H14N2/c1-11-7-3-4-8-12(11)15-16-13-9-5-6-10-14(13)17(15)2/h3-10H,1-2H3/p+1. The van der Waals surface area contributed by atoms with Crippen LogP contribution in [-0.4, -0.2) is 4.98 Å². The number of aromatic amines is 1. The van der Waals surface area contributed by atoms with Crippen molar-refractivity contribution >= 4 is 11.0 Å². The average Bonchev–Trinajstić information content (AvgIpc) is 2.68. The summed E-state index contributed by atoms with van der Waals surface area (Å²) in [4.78, 5) is 3.48. The average molecular weight is 223 g/mol. The third-order valence-corrected chi connectivity index (χ3v) is 3.25. The molecule has 0 aliphatic heterocycles. The molecule has 0 spiro atoms. The zero-order valence-corrected chi connectivity index (χ0v) is 10.1. The van der Waals surface area contributed by atoms with Gasteiger partial charge in [0.05, 0.1) is 12.6 Å². The Kier molecular flexibility index (Phi) is 2.22. The SMILES string of the molecule is Cc1ccccc1-c1[nH]c2ccccc2[n+]1C. The summed E-state index contributed by atoms with van der Waals surface area (Å²) in [6.07, 6.45) is 0. The second-order valence-electron chi connectivity index (χ2n) is 4.36. The van der Waals surface area contributed by atoms with Gasteiger partial charge in [-0.25, -0.2) is 9.55 Å². The van der Waals surface area contributed by atoms with Crippen molar-refractivity contribution in [2.24, 2.45) is 7.05 Å². The van der Waals surface area contributed by atoms with Gasteiger partial charge in [-0.1, -0.05) is 30.3 Å². The molecule has 0 bridgehead atoms. The van der Waals surface area contributed by atoms with Crippen molar-refractivity contribution in [1.29, 1.82) is 0 Å². The number of aromatic nitrogens is 2. The molecular weight excluding hydrogens is 208 g/mol. The summed E-state index contributed by atoms with van der Waals surface area (Å²) in [5.74, 6) is 1.16. The normalized spacial score (nSPS) is 10.9. The molecule has 0 aliphatic rings. The molecule has 0 fully saturated rings. The molecule has 0 amide bonds. The van der Waals surface area contributed by atoms with Crippen LogP contribution in [-0.2, 0) is 7.05 Å². The Morgan fingerprint density at radius 2 is 1.65 bits per heavy atom. The van der Waals surface area contributed by atoms with E-state index in [2.05, 4.69) is 72.1 Å². The van der Waals surface area contributed by atoms with E-state index in [1.165, 1.54) is 22.2 Å². The van der Waals surface area contributed by atoms with Crippen LogP contribution in [0.15, 0.2) is 48.5 Å². The van der Waals surface area contributed by atoms with Crippen LogP contribution in [0.1, 0.15) is 5.56 Å². The molecule has 0 radical (unpaired) electrons. The maximum atomic E-state index is 3.48. The van der Waals surface area contributed by atoms with Gasteiger partial charge in [0.25, 0.3) is 5.82 Å². The minimum absolute atomic E-state index is 1.16. The molecule has 2 heteroatoms. The molecule has 0 aliphatic carbocycles. The number of fused-ring (bicyclic) bond motifs is 1. The van der Waals surface area contributed by atoms with Crippen molar-refractivity contribution in [2.75, 3.05) is 0 Å². The Morgan fingerprint density at radius 1 is 0.941 bits per heavy atom. The Balaban J connectivity index is 2.32. The highest BCUT2D eigenvalue weighted by Crippen LogP contribution is 2.21. The third kappa shape index (κ3) is 1.53. The third-order valence-electron chi connectivity index (χ3n) is 3.25. The van der Waals surface area contributed by atoms with Crippen LogP contribution in [0.2, 0.25) is 0 Å². The molecule has 0 saturated carbocycles. The van der Waals surface area contributed by atoms with Crippen LogP contribution in [0.25, 0.3) is 22.4 Å². The lowest BCUT2D eigenvalue weighted by atomic mass is 10.1. The number of benzene rings is 2. The van der Waals surface area contributed by atoms with Crippen LogP contribution < -0.4 is 4.57 Å². The number of aryl methyl sites for hydroxylation is 2. The van der Waals surface area contributed by atoms with Crippen LogP contribution in [0.5, 0.6) is 0 Å². The van der Waals surface area contributed by atoms with Crippen molar-refractivity contribution in [3.63, 3.8) is 0 Å². The van der Waals surface area contributed by atoms with Gasteiger partial charge in [-0.15, -0.1) is 0 Å². The predicted molar refractivity (Wildman–Crippen MR) is 69.6 cm³/mol. The van der Waals surface area contributed by atoms with Gasteiger partial charge in [-0.3, -0.25) is 0 Å². The number of rotatable bonds is 1. The summed E-state index contributed by atoms with van der Waals surface area (Å²) >= 11 is 0. The quantitative estimate of drug-likeness (QED) is 0.612. The monoisotopic (exact) mass is 223 g/mol. The van der Waals surface area contributed by atoms with Gasteiger partial charge in [-0.05, 0) is 30.7 Å². The van der Waals surface area contributed by atoms with Crippen molar-refractivity contribution in [2.45, 2.75) is 6.92 Å². The Labute approximate surface area is 101 Å². The van der Waals surface area contributed by atoms with Crippen molar-refractivity contribution in [3.05, 3.63) is 54.1 Å². The molecular formula is C15H15N2+. The molecule has 2 nitrogen and oxygen atoms in total. The zero-order chi connectivity index (χ0) is 11.8. The van der Waals surface area contributed by atoms with E-state index in [0.29, 0.717) is 0 Å². The summed E-state index contributed by atoms with van der Waals surface area (Å²) in [5.41, 5.74) is 4.94. The van der Waals surface area contributed by atoms with E-state index in [-0.39, 0.29) is 0 Å². The molecule has 1 heterocycles. The lowest BCUT2D eigenvalue weighted by molar-refractivity contribution is -0.633. The Morgan fingerprint density at radius 3 is 2.41 bits per heavy atom. The van der Waals surface area contributed by atoms with Crippen LogP contribution in [0.4, 0.5) is 0 Å². The van der Waals surface area contributed by atoms with Gasteiger partial charge in [0.15, 0.2) is 11.0 Å². The number of nitrogens with zero attached hydrogens (tertiary/aromatic N) is 1. The molecule has 2 aromatic carbocycles. The maximum Gasteiger partial charge on any atom is 0.287 e. The van der Waals surface area contributed by atoms with Crippen LogP contribution in [0, 0.1) is 6.92 Å². The highest BCUT2D eigenvalue weighted by Gasteiger charge is 2.17. The highest BCUT2D eigenvalue weighted by molar-refractivity contribution is 5.75. The number of nitrogens with one attached hydrogen (secondary N) is 1. The van der Waals surface area contributed by atoms with E-state index in [1.54, 1.807) is 0 Å². The summed E-state index contributed by atoms with van der Waals surface area (Å²) < 4.78 is 2.21. The molecule has 1 N–H and O–H groups in total. The fourth-order valence-electron chi connectivity index (χ4n) is 2.29. The van der Waals surface area contributed by atoms with Gasteiger partial charge in [0, 0.05) is 0 Å². The second kappa shape index (κ2) is 3.74. The number of imidazole rings is 1. The van der Waals surface area contributed by atoms with Gasteiger partial charge in [0.1, 0.15) is 0 Å². The van der Waals surface area contributed by atoms with Crippen molar-refractivity contribution in [1.82, 2.24) is 4.98 Å². The molecule has 3 rings (SSSR count). The zero-order valence-electron chi connectivity index (χ0n) is 10.1. The first-order valence-electron chi connectivity index (χ1n) is 5.80. The smallest absolute Gasteiger partial charge is 0.236 e. The fraction of sp³-hybridized carbons (Fsp3) is 0.133. The fourth-order valence-corrected chi connectivity index (χ4v) is 2.29. The van der Waals surface area contributed by atoms with Crippen LogP contribution in [0.3, 0.4) is 0 Å². The number of hydrogen-bond acceptors (Lipinski definition) is 0. The summed E-state index contributed by atoms with van der Waals surface area (Å²) in [6.45, 7) is 2.14. The van der Waals surface area contributed by atoms with E-state index >= 15 is 0 Å². The minimum Gasteiger partial charge on any atom is -0.236 e. The number of para-hydroxylation sites is 2. The van der Waals surface area contributed by atoms with E-state index in [9.17, 15) is 0 Å². The van der Waals surface area contributed by atoms with Gasteiger partial charge in [0.2, 0.25) is 0 Å². The first-order chi connectivity index (χ1) is 8.27.